The van der Waals surface area contributed by atoms with Gasteiger partial charge in [0.2, 0.25) is 5.91 Å². The Morgan fingerprint density at radius 1 is 0.818 bits per heavy atom. The lowest BCUT2D eigenvalue weighted by atomic mass is 10.2. The number of amides is 1. The molecule has 0 saturated carbocycles. The summed E-state index contributed by atoms with van der Waals surface area (Å²) in [5.74, 6) is 0.00110. The maximum Gasteiger partial charge on any atom is 0.224 e. The Balaban J connectivity index is 1.61. The number of carbonyl (C=O) groups excluding carboxylic acids is 1. The first-order valence-corrected chi connectivity index (χ1v) is 10.8. The lowest BCUT2D eigenvalue weighted by molar-refractivity contribution is -0.115. The first-order valence-electron chi connectivity index (χ1n) is 10.8. The van der Waals surface area contributed by atoms with Crippen molar-refractivity contribution in [2.45, 2.75) is 20.3 Å². The van der Waals surface area contributed by atoms with E-state index in [0.717, 1.165) is 39.9 Å². The third kappa shape index (κ3) is 7.74. The van der Waals surface area contributed by atoms with Crippen LogP contribution in [0.5, 0.6) is 0 Å². The van der Waals surface area contributed by atoms with E-state index >= 15 is 0 Å². The minimum atomic E-state index is 0.00110. The van der Waals surface area contributed by atoms with Crippen LogP contribution >= 0.6 is 0 Å². The number of anilines is 3. The molecular formula is C28H28N4O. The molecule has 3 aromatic carbocycles. The molecule has 0 aliphatic carbocycles. The summed E-state index contributed by atoms with van der Waals surface area (Å²) in [6.45, 7) is 7.62. The van der Waals surface area contributed by atoms with Crippen molar-refractivity contribution in [1.29, 1.82) is 0 Å². The summed E-state index contributed by atoms with van der Waals surface area (Å²) in [4.78, 5) is 20.7. The fraction of sp³-hybridized carbons (Fsp3) is 0.107. The average Bonchev–Trinajstić information content (AvgIpc) is 2.84. The number of benzene rings is 3. The summed E-state index contributed by atoms with van der Waals surface area (Å²) in [5.41, 5.74) is 6.06. The maximum absolute atomic E-state index is 11.5. The number of para-hydroxylation sites is 1. The monoisotopic (exact) mass is 436 g/mol. The van der Waals surface area contributed by atoms with Gasteiger partial charge in [-0.3, -0.25) is 9.79 Å². The standard InChI is InChI=1S/C28H28N4O/c1-4-22(30-23-9-7-6-8-10-23)12-11-21(3)29-24-13-15-25(16-14-24)31-26-17-19-27(20-18-26)32-28(33)5-2/h4,6-20,31H,1,5H2,2-3H3,(H,32,33). The molecule has 33 heavy (non-hydrogen) atoms. The van der Waals surface area contributed by atoms with E-state index < -0.39 is 0 Å². The second-order valence-electron chi connectivity index (χ2n) is 7.31. The van der Waals surface area contributed by atoms with Crippen molar-refractivity contribution in [3.05, 3.63) is 104 Å². The third-order valence-corrected chi connectivity index (χ3v) is 4.67. The Morgan fingerprint density at radius 3 is 2.00 bits per heavy atom. The zero-order chi connectivity index (χ0) is 23.5. The molecule has 5 heteroatoms. The first kappa shape index (κ1) is 23.4. The normalized spacial score (nSPS) is 11.9. The molecule has 0 unspecified atom stereocenters. The highest BCUT2D eigenvalue weighted by Crippen LogP contribution is 2.22. The molecule has 1 amide bonds. The van der Waals surface area contributed by atoms with Crippen LogP contribution in [0.4, 0.5) is 28.4 Å². The number of nitrogens with zero attached hydrogens (tertiary/aromatic N) is 2. The van der Waals surface area contributed by atoms with Crippen LogP contribution in [0.3, 0.4) is 0 Å². The van der Waals surface area contributed by atoms with Gasteiger partial charge in [-0.05, 0) is 85.8 Å². The van der Waals surface area contributed by atoms with Crippen molar-refractivity contribution < 1.29 is 4.79 Å². The molecule has 0 atom stereocenters. The van der Waals surface area contributed by atoms with Gasteiger partial charge in [0.25, 0.3) is 0 Å². The van der Waals surface area contributed by atoms with E-state index in [-0.39, 0.29) is 5.91 Å². The highest BCUT2D eigenvalue weighted by Gasteiger charge is 2.00. The van der Waals surface area contributed by atoms with E-state index in [1.165, 1.54) is 0 Å². The molecule has 0 radical (unpaired) electrons. The van der Waals surface area contributed by atoms with Crippen molar-refractivity contribution in [1.82, 2.24) is 0 Å². The van der Waals surface area contributed by atoms with Gasteiger partial charge in [-0.1, -0.05) is 31.7 Å². The van der Waals surface area contributed by atoms with Crippen LogP contribution in [0.25, 0.3) is 0 Å². The molecule has 166 valence electrons. The molecule has 3 rings (SSSR count). The van der Waals surface area contributed by atoms with Crippen molar-refractivity contribution in [3.8, 4) is 0 Å². The number of nitrogens with one attached hydrogen (secondary N) is 2. The van der Waals surface area contributed by atoms with Gasteiger partial charge >= 0.3 is 0 Å². The molecule has 0 fully saturated rings. The van der Waals surface area contributed by atoms with E-state index in [9.17, 15) is 4.79 Å². The second kappa shape index (κ2) is 12.0. The highest BCUT2D eigenvalue weighted by atomic mass is 16.1. The summed E-state index contributed by atoms with van der Waals surface area (Å²) < 4.78 is 0. The van der Waals surface area contributed by atoms with Crippen molar-refractivity contribution >= 4 is 45.8 Å². The van der Waals surface area contributed by atoms with Crippen molar-refractivity contribution in [2.75, 3.05) is 10.6 Å². The Labute approximate surface area is 195 Å². The van der Waals surface area contributed by atoms with Gasteiger partial charge in [0, 0.05) is 29.2 Å². The molecule has 0 bridgehead atoms. The van der Waals surface area contributed by atoms with Crippen LogP contribution in [-0.2, 0) is 4.79 Å². The average molecular weight is 437 g/mol. The Bertz CT molecular complexity index is 1160. The summed E-state index contributed by atoms with van der Waals surface area (Å²) in [6, 6.07) is 25.3. The molecule has 0 spiro atoms. The number of aliphatic imine (C=N–C) groups is 2. The van der Waals surface area contributed by atoms with Crippen molar-refractivity contribution in [3.63, 3.8) is 0 Å². The lowest BCUT2D eigenvalue weighted by Crippen LogP contribution is -2.09. The van der Waals surface area contributed by atoms with Gasteiger partial charge in [0.15, 0.2) is 0 Å². The Morgan fingerprint density at radius 2 is 1.39 bits per heavy atom. The Hall–Kier alpha value is -4.25. The van der Waals surface area contributed by atoms with Gasteiger partial charge in [-0.15, -0.1) is 0 Å². The number of allylic oxidation sites excluding steroid dienone is 3. The van der Waals surface area contributed by atoms with Gasteiger partial charge in [0.1, 0.15) is 0 Å². The molecule has 3 aromatic rings. The van der Waals surface area contributed by atoms with Crippen molar-refractivity contribution in [2.24, 2.45) is 9.98 Å². The molecule has 0 aliphatic rings. The predicted molar refractivity (Wildman–Crippen MR) is 141 cm³/mol. The highest BCUT2D eigenvalue weighted by molar-refractivity contribution is 6.09. The van der Waals surface area contributed by atoms with Gasteiger partial charge < -0.3 is 10.6 Å². The summed E-state index contributed by atoms with van der Waals surface area (Å²) in [5, 5.41) is 6.19. The lowest BCUT2D eigenvalue weighted by Gasteiger charge is -2.08. The quantitative estimate of drug-likeness (QED) is 0.344. The van der Waals surface area contributed by atoms with Crippen LogP contribution in [0.1, 0.15) is 20.3 Å². The molecule has 0 aliphatic heterocycles. The number of hydrogen-bond acceptors (Lipinski definition) is 4. The maximum atomic E-state index is 11.5. The van der Waals surface area contributed by atoms with Gasteiger partial charge in [0.05, 0.1) is 17.1 Å². The molecule has 2 N–H and O–H groups in total. The summed E-state index contributed by atoms with van der Waals surface area (Å²) in [6.07, 6.45) is 6.01. The fourth-order valence-electron chi connectivity index (χ4n) is 2.92. The van der Waals surface area contributed by atoms with Crippen LogP contribution in [-0.4, -0.2) is 17.3 Å². The van der Waals surface area contributed by atoms with Gasteiger partial charge in [-0.2, -0.15) is 0 Å². The van der Waals surface area contributed by atoms with Crippen LogP contribution in [0.15, 0.2) is 114 Å². The van der Waals surface area contributed by atoms with Gasteiger partial charge in [-0.25, -0.2) is 4.99 Å². The number of hydrogen-bond donors (Lipinski definition) is 2. The van der Waals surface area contributed by atoms with E-state index in [1.807, 2.05) is 105 Å². The second-order valence-corrected chi connectivity index (χ2v) is 7.31. The largest absolute Gasteiger partial charge is 0.356 e. The van der Waals surface area contributed by atoms with Crippen LogP contribution in [0, 0.1) is 0 Å². The predicted octanol–water partition coefficient (Wildman–Crippen LogP) is 7.39. The Kier molecular flexibility index (Phi) is 8.48. The smallest absolute Gasteiger partial charge is 0.224 e. The van der Waals surface area contributed by atoms with Crippen LogP contribution in [0.2, 0.25) is 0 Å². The molecule has 0 saturated heterocycles. The minimum Gasteiger partial charge on any atom is -0.356 e. The third-order valence-electron chi connectivity index (χ3n) is 4.67. The van der Waals surface area contributed by atoms with E-state index in [4.69, 9.17) is 0 Å². The van der Waals surface area contributed by atoms with Crippen LogP contribution < -0.4 is 10.6 Å². The van der Waals surface area contributed by atoms with E-state index in [0.29, 0.717) is 6.42 Å². The zero-order valence-electron chi connectivity index (χ0n) is 19.0. The summed E-state index contributed by atoms with van der Waals surface area (Å²) in [7, 11) is 0. The topological polar surface area (TPSA) is 65.8 Å². The SMILES string of the molecule is C=CC(C=CC(C)=Nc1ccc(Nc2ccc(NC(=O)CC)cc2)cc1)=Nc1ccccc1. The molecule has 5 nitrogen and oxygen atoms in total. The molecule has 0 heterocycles. The van der Waals surface area contributed by atoms with E-state index in [1.54, 1.807) is 6.08 Å². The fourth-order valence-corrected chi connectivity index (χ4v) is 2.92. The summed E-state index contributed by atoms with van der Waals surface area (Å²) >= 11 is 0. The minimum absolute atomic E-state index is 0.00110. The number of rotatable bonds is 9. The molecule has 0 aromatic heterocycles. The number of carbonyl (C=O) groups is 1. The molecular weight excluding hydrogens is 408 g/mol. The van der Waals surface area contributed by atoms with E-state index in [2.05, 4.69) is 27.2 Å². The zero-order valence-corrected chi connectivity index (χ0v) is 19.0. The first-order chi connectivity index (χ1) is 16.1.